The van der Waals surface area contributed by atoms with Crippen LogP contribution in [0.2, 0.25) is 0 Å². The minimum atomic E-state index is -0.612. The lowest BCUT2D eigenvalue weighted by atomic mass is 9.95. The average Bonchev–Trinajstić information content (AvgIpc) is 3.58. The summed E-state index contributed by atoms with van der Waals surface area (Å²) in [5, 5.41) is 18.7. The molecule has 1 aliphatic heterocycles. The second kappa shape index (κ2) is 11.5. The summed E-state index contributed by atoms with van der Waals surface area (Å²) in [6.45, 7) is 5.79. The molecule has 3 N–H and O–H groups in total. The van der Waals surface area contributed by atoms with E-state index in [4.69, 9.17) is 16.3 Å². The van der Waals surface area contributed by atoms with Gasteiger partial charge in [0.25, 0.3) is 11.8 Å². The van der Waals surface area contributed by atoms with Gasteiger partial charge in [-0.2, -0.15) is 0 Å². The van der Waals surface area contributed by atoms with Crippen LogP contribution in [0.4, 0.5) is 21.9 Å². The molecule has 0 fully saturated rings. The van der Waals surface area contributed by atoms with Gasteiger partial charge in [0.1, 0.15) is 11.4 Å². The van der Waals surface area contributed by atoms with E-state index in [-0.39, 0.29) is 23.5 Å². The summed E-state index contributed by atoms with van der Waals surface area (Å²) in [7, 11) is 0. The number of carbonyl (C=O) groups excluding carboxylic acids is 3. The van der Waals surface area contributed by atoms with Gasteiger partial charge in [-0.25, -0.2) is 4.79 Å². The number of phenols is 1. The van der Waals surface area contributed by atoms with Crippen LogP contribution in [-0.4, -0.2) is 41.0 Å². The number of hydrogen-bond acceptors (Lipinski definition) is 6. The molecule has 3 amide bonds. The van der Waals surface area contributed by atoms with Crippen LogP contribution in [-0.2, 0) is 4.74 Å². The molecule has 5 aromatic rings. The number of nitrogens with one attached hydrogen (secondary N) is 2. The molecule has 1 aliphatic rings. The number of fused-ring (bicyclic) bond motifs is 4. The molecule has 224 valence electrons. The molecular formula is C34H30ClN3O5S. The molecule has 44 heavy (non-hydrogen) atoms. The summed E-state index contributed by atoms with van der Waals surface area (Å²) >= 11 is 7.66. The highest BCUT2D eigenvalue weighted by Gasteiger charge is 2.34. The fourth-order valence-corrected chi connectivity index (χ4v) is 6.63. The van der Waals surface area contributed by atoms with Crippen molar-refractivity contribution in [3.05, 3.63) is 94.9 Å². The second-order valence-corrected chi connectivity index (χ2v) is 13.1. The summed E-state index contributed by atoms with van der Waals surface area (Å²) in [6.07, 6.45) is -0.550. The van der Waals surface area contributed by atoms with Gasteiger partial charge in [0.05, 0.1) is 10.6 Å². The summed E-state index contributed by atoms with van der Waals surface area (Å²) in [5.74, 6) is -0.109. The number of anilines is 3. The van der Waals surface area contributed by atoms with Crippen LogP contribution in [0.15, 0.2) is 78.9 Å². The Balaban J connectivity index is 1.16. The van der Waals surface area contributed by atoms with Crippen LogP contribution < -0.4 is 15.5 Å². The van der Waals surface area contributed by atoms with Crippen LogP contribution in [0.5, 0.6) is 5.75 Å². The van der Waals surface area contributed by atoms with Gasteiger partial charge in [-0.1, -0.05) is 24.3 Å². The lowest BCUT2D eigenvalue weighted by Crippen LogP contribution is -2.30. The Morgan fingerprint density at radius 1 is 0.955 bits per heavy atom. The number of hydrogen-bond donors (Lipinski definition) is 3. The highest BCUT2D eigenvalue weighted by atomic mass is 35.5. The van der Waals surface area contributed by atoms with Crippen LogP contribution >= 0.6 is 22.9 Å². The first-order chi connectivity index (χ1) is 21.0. The highest BCUT2D eigenvalue weighted by molar-refractivity contribution is 7.20. The van der Waals surface area contributed by atoms with Crippen LogP contribution in [0.3, 0.4) is 0 Å². The summed E-state index contributed by atoms with van der Waals surface area (Å²) in [5.41, 5.74) is 2.56. The number of ether oxygens (including phenoxy) is 1. The normalized spacial score (nSPS) is 14.5. The van der Waals surface area contributed by atoms with Crippen molar-refractivity contribution in [1.29, 1.82) is 0 Å². The maximum Gasteiger partial charge on any atom is 0.412 e. The Kier molecular flexibility index (Phi) is 7.69. The molecule has 4 aromatic carbocycles. The van der Waals surface area contributed by atoms with E-state index in [1.807, 2.05) is 30.3 Å². The molecule has 0 saturated carbocycles. The number of thiophene rings is 1. The molecule has 0 unspecified atom stereocenters. The minimum Gasteiger partial charge on any atom is -0.507 e. The molecule has 1 atom stereocenters. The maximum absolute atomic E-state index is 13.6. The molecule has 8 nitrogen and oxygen atoms in total. The Bertz CT molecular complexity index is 1930. The van der Waals surface area contributed by atoms with Crippen molar-refractivity contribution >= 4 is 78.8 Å². The number of halogens is 1. The third-order valence-corrected chi connectivity index (χ3v) is 8.84. The Hall–Kier alpha value is -4.60. The lowest BCUT2D eigenvalue weighted by Gasteiger charge is -2.19. The van der Waals surface area contributed by atoms with Crippen molar-refractivity contribution in [2.75, 3.05) is 28.0 Å². The maximum atomic E-state index is 13.6. The monoisotopic (exact) mass is 627 g/mol. The number of aromatic hydroxyl groups is 1. The number of rotatable bonds is 5. The number of alkyl halides is 1. The molecule has 1 aromatic heterocycles. The van der Waals surface area contributed by atoms with Gasteiger partial charge < -0.3 is 20.1 Å². The Labute approximate surface area is 263 Å². The standard InChI is InChI=1S/C34H30ClN3O5S/c1-34(2,3)43-33(42)37-23-12-13-28-20(14-23)15-29(44-28)31(40)36-22-10-8-19(9-11-22)32(41)38-18-21(17-35)30-25-7-5-4-6-24(25)27(39)16-26(30)38/h4-16,21,39H,17-18H2,1-3H3,(H,36,40)(H,37,42)/t21-/m1/s1. The fourth-order valence-electron chi connectivity index (χ4n) is 5.44. The van der Waals surface area contributed by atoms with E-state index in [2.05, 4.69) is 10.6 Å². The van der Waals surface area contributed by atoms with E-state index in [0.29, 0.717) is 39.9 Å². The zero-order valence-electron chi connectivity index (χ0n) is 24.3. The highest BCUT2D eigenvalue weighted by Crippen LogP contribution is 2.45. The Morgan fingerprint density at radius 2 is 1.66 bits per heavy atom. The zero-order chi connectivity index (χ0) is 31.2. The number of nitrogens with zero attached hydrogens (tertiary/aromatic N) is 1. The topological polar surface area (TPSA) is 108 Å². The van der Waals surface area contributed by atoms with E-state index in [1.54, 1.807) is 74.2 Å². The summed E-state index contributed by atoms with van der Waals surface area (Å²) < 4.78 is 6.20. The first-order valence-corrected chi connectivity index (χ1v) is 15.4. The van der Waals surface area contributed by atoms with Crippen molar-refractivity contribution in [3.8, 4) is 5.75 Å². The van der Waals surface area contributed by atoms with Crippen molar-refractivity contribution in [2.24, 2.45) is 0 Å². The van der Waals surface area contributed by atoms with Gasteiger partial charge in [0.15, 0.2) is 0 Å². The zero-order valence-corrected chi connectivity index (χ0v) is 25.9. The average molecular weight is 628 g/mol. The first kappa shape index (κ1) is 29.5. The van der Waals surface area contributed by atoms with Crippen LogP contribution in [0.25, 0.3) is 20.9 Å². The lowest BCUT2D eigenvalue weighted by molar-refractivity contribution is 0.0635. The SMILES string of the molecule is CC(C)(C)OC(=O)Nc1ccc2sc(C(=O)Nc3ccc(C(=O)N4C[C@@H](CCl)c5c4cc(O)c4ccccc54)cc3)cc2c1. The van der Waals surface area contributed by atoms with E-state index >= 15 is 0 Å². The quantitative estimate of drug-likeness (QED) is 0.170. The Morgan fingerprint density at radius 3 is 2.36 bits per heavy atom. The van der Waals surface area contributed by atoms with E-state index in [9.17, 15) is 19.5 Å². The smallest absolute Gasteiger partial charge is 0.412 e. The number of amides is 3. The molecule has 0 saturated heterocycles. The largest absolute Gasteiger partial charge is 0.507 e. The van der Waals surface area contributed by atoms with Gasteiger partial charge >= 0.3 is 6.09 Å². The predicted octanol–water partition coefficient (Wildman–Crippen LogP) is 8.34. The second-order valence-electron chi connectivity index (χ2n) is 11.7. The molecule has 10 heteroatoms. The molecule has 0 bridgehead atoms. The van der Waals surface area contributed by atoms with Crippen molar-refractivity contribution in [1.82, 2.24) is 0 Å². The first-order valence-electron chi connectivity index (χ1n) is 14.1. The van der Waals surface area contributed by atoms with E-state index in [1.165, 1.54) is 11.3 Å². The predicted molar refractivity (Wildman–Crippen MR) is 177 cm³/mol. The third-order valence-electron chi connectivity index (χ3n) is 7.35. The number of carbonyl (C=O) groups is 3. The van der Waals surface area contributed by atoms with Crippen molar-refractivity contribution < 1.29 is 24.2 Å². The molecule has 2 heterocycles. The van der Waals surface area contributed by atoms with Crippen molar-refractivity contribution in [3.63, 3.8) is 0 Å². The van der Waals surface area contributed by atoms with Gasteiger partial charge in [-0.05, 0) is 85.6 Å². The number of benzene rings is 4. The fraction of sp³-hybridized carbons (Fsp3) is 0.206. The summed E-state index contributed by atoms with van der Waals surface area (Å²) in [6, 6.07) is 23.1. The third kappa shape index (κ3) is 5.80. The molecule has 0 aliphatic carbocycles. The number of phenolic OH excluding ortho intramolecular Hbond substituents is 1. The van der Waals surface area contributed by atoms with Crippen LogP contribution in [0.1, 0.15) is 52.3 Å². The van der Waals surface area contributed by atoms with Gasteiger partial charge in [-0.15, -0.1) is 22.9 Å². The molecule has 0 radical (unpaired) electrons. The molecule has 6 rings (SSSR count). The van der Waals surface area contributed by atoms with Crippen LogP contribution in [0, 0.1) is 0 Å². The van der Waals surface area contributed by atoms with Gasteiger partial charge in [0, 0.05) is 51.4 Å². The molecular weight excluding hydrogens is 598 g/mol. The van der Waals surface area contributed by atoms with Crippen molar-refractivity contribution in [2.45, 2.75) is 32.3 Å². The van der Waals surface area contributed by atoms with Gasteiger partial charge in [0.2, 0.25) is 0 Å². The summed E-state index contributed by atoms with van der Waals surface area (Å²) in [4.78, 5) is 41.0. The van der Waals surface area contributed by atoms with E-state index < -0.39 is 11.7 Å². The van der Waals surface area contributed by atoms with Gasteiger partial charge in [-0.3, -0.25) is 14.9 Å². The molecule has 0 spiro atoms. The van der Waals surface area contributed by atoms with E-state index in [0.717, 1.165) is 26.4 Å². The minimum absolute atomic E-state index is 0.0647.